The van der Waals surface area contributed by atoms with E-state index in [1.165, 1.54) is 0 Å². The van der Waals surface area contributed by atoms with E-state index < -0.39 is 0 Å². The molecule has 2 unspecified atom stereocenters. The number of piperidine rings is 1. The normalized spacial score (nSPS) is 23.5. The van der Waals surface area contributed by atoms with Crippen LogP contribution in [0.15, 0.2) is 30.3 Å². The quantitative estimate of drug-likeness (QED) is 0.880. The highest BCUT2D eigenvalue weighted by molar-refractivity contribution is 5.80. The van der Waals surface area contributed by atoms with Crippen LogP contribution in [0.3, 0.4) is 0 Å². The molecule has 1 aromatic carbocycles. The van der Waals surface area contributed by atoms with E-state index >= 15 is 0 Å². The minimum Gasteiger partial charge on any atom is -0.339 e. The van der Waals surface area contributed by atoms with Gasteiger partial charge in [-0.2, -0.15) is 0 Å². The summed E-state index contributed by atoms with van der Waals surface area (Å²) in [6.45, 7) is 5.45. The van der Waals surface area contributed by atoms with E-state index in [4.69, 9.17) is 5.73 Å². The second kappa shape index (κ2) is 8.74. The fourth-order valence-electron chi connectivity index (χ4n) is 4.34. The zero-order chi connectivity index (χ0) is 19.4. The van der Waals surface area contributed by atoms with Gasteiger partial charge in [0.2, 0.25) is 5.91 Å². The maximum absolute atomic E-state index is 12.9. The number of nitrogens with zero attached hydrogens (tertiary/aromatic N) is 3. The third-order valence-electron chi connectivity index (χ3n) is 5.98. The van der Waals surface area contributed by atoms with Crippen molar-refractivity contribution < 1.29 is 9.59 Å². The van der Waals surface area contributed by atoms with Gasteiger partial charge in [0.25, 0.3) is 0 Å². The molecule has 2 heterocycles. The van der Waals surface area contributed by atoms with Gasteiger partial charge in [-0.15, -0.1) is 0 Å². The van der Waals surface area contributed by atoms with Crippen molar-refractivity contribution in [2.45, 2.75) is 38.8 Å². The van der Waals surface area contributed by atoms with Crippen LogP contribution in [0.4, 0.5) is 4.79 Å². The van der Waals surface area contributed by atoms with E-state index in [0.717, 1.165) is 31.4 Å². The lowest BCUT2D eigenvalue weighted by atomic mass is 9.95. The van der Waals surface area contributed by atoms with E-state index in [1.54, 1.807) is 4.90 Å². The number of nitrogens with two attached hydrogens (primary N) is 1. The Morgan fingerprint density at radius 3 is 2.44 bits per heavy atom. The molecule has 0 aromatic heterocycles. The van der Waals surface area contributed by atoms with Gasteiger partial charge in [0, 0.05) is 45.2 Å². The predicted molar refractivity (Wildman–Crippen MR) is 106 cm³/mol. The van der Waals surface area contributed by atoms with Crippen LogP contribution in [0.25, 0.3) is 0 Å². The minimum absolute atomic E-state index is 0.0347. The molecule has 2 aliphatic heterocycles. The van der Waals surface area contributed by atoms with Gasteiger partial charge in [-0.3, -0.25) is 4.79 Å². The first-order valence-corrected chi connectivity index (χ1v) is 10.0. The monoisotopic (exact) mass is 372 g/mol. The lowest BCUT2D eigenvalue weighted by molar-refractivity contribution is -0.137. The summed E-state index contributed by atoms with van der Waals surface area (Å²) in [5.74, 6) is 0.716. The van der Waals surface area contributed by atoms with Crippen LogP contribution in [-0.2, 0) is 11.3 Å². The van der Waals surface area contributed by atoms with Gasteiger partial charge >= 0.3 is 6.03 Å². The predicted octanol–water partition coefficient (Wildman–Crippen LogP) is 2.15. The van der Waals surface area contributed by atoms with Crippen molar-refractivity contribution in [2.24, 2.45) is 17.6 Å². The van der Waals surface area contributed by atoms with Crippen LogP contribution < -0.4 is 5.73 Å². The van der Waals surface area contributed by atoms with Crippen molar-refractivity contribution in [3.8, 4) is 0 Å². The average molecular weight is 373 g/mol. The summed E-state index contributed by atoms with van der Waals surface area (Å²) < 4.78 is 0. The Labute approximate surface area is 162 Å². The number of hydrogen-bond donors (Lipinski definition) is 1. The Morgan fingerprint density at radius 1 is 1.19 bits per heavy atom. The molecule has 0 spiro atoms. The Kier molecular flexibility index (Phi) is 6.37. The Hall–Kier alpha value is -2.08. The van der Waals surface area contributed by atoms with Crippen molar-refractivity contribution in [2.75, 3.05) is 33.2 Å². The summed E-state index contributed by atoms with van der Waals surface area (Å²) >= 11 is 0. The van der Waals surface area contributed by atoms with Crippen LogP contribution in [-0.4, -0.2) is 65.9 Å². The zero-order valence-electron chi connectivity index (χ0n) is 16.5. The number of likely N-dealkylation sites (tertiary alicyclic amines) is 2. The van der Waals surface area contributed by atoms with Gasteiger partial charge in [0.15, 0.2) is 0 Å². The van der Waals surface area contributed by atoms with Gasteiger partial charge in [-0.05, 0) is 44.2 Å². The van der Waals surface area contributed by atoms with Gasteiger partial charge < -0.3 is 20.4 Å². The number of amides is 3. The fraction of sp³-hybridized carbons (Fsp3) is 0.619. The Balaban J connectivity index is 1.49. The molecule has 2 saturated heterocycles. The third-order valence-corrected chi connectivity index (χ3v) is 5.98. The number of rotatable bonds is 4. The van der Waals surface area contributed by atoms with Crippen LogP contribution in [0.1, 0.15) is 31.7 Å². The number of hydrogen-bond acceptors (Lipinski definition) is 3. The van der Waals surface area contributed by atoms with E-state index in [1.807, 2.05) is 47.2 Å². The van der Waals surface area contributed by atoms with Gasteiger partial charge in [0.05, 0.1) is 0 Å². The summed E-state index contributed by atoms with van der Waals surface area (Å²) in [7, 11) is 1.84. The number of carbonyl (C=O) groups excluding carboxylic acids is 2. The summed E-state index contributed by atoms with van der Waals surface area (Å²) in [6, 6.07) is 10.3. The van der Waals surface area contributed by atoms with E-state index in [2.05, 4.69) is 6.92 Å². The first kappa shape index (κ1) is 19.7. The molecule has 1 aromatic rings. The highest BCUT2D eigenvalue weighted by Crippen LogP contribution is 2.28. The molecule has 0 saturated carbocycles. The van der Waals surface area contributed by atoms with Crippen LogP contribution in [0, 0.1) is 11.8 Å². The largest absolute Gasteiger partial charge is 0.339 e. The topological polar surface area (TPSA) is 69.9 Å². The molecular formula is C21H32N4O2. The van der Waals surface area contributed by atoms with Gasteiger partial charge in [-0.25, -0.2) is 4.79 Å². The SMILES string of the molecule is CC1CC(CN)CN1C(=O)C1CCN(C(=O)N(C)Cc2ccccc2)CC1. The molecule has 0 bridgehead atoms. The van der Waals surface area contributed by atoms with Crippen molar-refractivity contribution in [1.82, 2.24) is 14.7 Å². The highest BCUT2D eigenvalue weighted by Gasteiger charge is 2.37. The number of benzene rings is 1. The van der Waals surface area contributed by atoms with Crippen LogP contribution in [0.5, 0.6) is 0 Å². The molecule has 2 aliphatic rings. The summed E-state index contributed by atoms with van der Waals surface area (Å²) in [5.41, 5.74) is 6.91. The molecule has 2 N–H and O–H groups in total. The van der Waals surface area contributed by atoms with Crippen molar-refractivity contribution in [1.29, 1.82) is 0 Å². The van der Waals surface area contributed by atoms with Gasteiger partial charge in [0.1, 0.15) is 0 Å². The lowest BCUT2D eigenvalue weighted by Gasteiger charge is -2.36. The van der Waals surface area contributed by atoms with Crippen LogP contribution >= 0.6 is 0 Å². The molecule has 3 amide bonds. The third kappa shape index (κ3) is 4.61. The second-order valence-corrected chi connectivity index (χ2v) is 8.06. The molecule has 6 heteroatoms. The van der Waals surface area contributed by atoms with Gasteiger partial charge in [-0.1, -0.05) is 30.3 Å². The first-order valence-electron chi connectivity index (χ1n) is 10.0. The zero-order valence-corrected chi connectivity index (χ0v) is 16.5. The first-order chi connectivity index (χ1) is 13.0. The van der Waals surface area contributed by atoms with Crippen molar-refractivity contribution in [3.05, 3.63) is 35.9 Å². The molecule has 0 radical (unpaired) electrons. The van der Waals surface area contributed by atoms with Crippen molar-refractivity contribution in [3.63, 3.8) is 0 Å². The maximum atomic E-state index is 12.9. The molecule has 6 nitrogen and oxygen atoms in total. The molecule has 0 aliphatic carbocycles. The van der Waals surface area contributed by atoms with E-state index in [9.17, 15) is 9.59 Å². The summed E-state index contributed by atoms with van der Waals surface area (Å²) in [4.78, 5) is 31.3. The summed E-state index contributed by atoms with van der Waals surface area (Å²) in [6.07, 6.45) is 2.50. The molecule has 2 atom stereocenters. The van der Waals surface area contributed by atoms with E-state index in [-0.39, 0.29) is 23.9 Å². The lowest BCUT2D eigenvalue weighted by Crippen LogP contribution is -2.48. The standard InChI is InChI=1S/C21H32N4O2/c1-16-12-18(13-22)15-25(16)20(26)19-8-10-24(11-9-19)21(27)23(2)14-17-6-4-3-5-7-17/h3-7,16,18-19H,8-15,22H2,1-2H3. The molecule has 148 valence electrons. The fourth-order valence-corrected chi connectivity index (χ4v) is 4.34. The Bertz CT molecular complexity index is 643. The second-order valence-electron chi connectivity index (χ2n) is 8.06. The highest BCUT2D eigenvalue weighted by atomic mass is 16.2. The average Bonchev–Trinajstić information content (AvgIpc) is 3.08. The minimum atomic E-state index is 0.0347. The number of carbonyl (C=O) groups is 2. The number of urea groups is 1. The van der Waals surface area contributed by atoms with Crippen LogP contribution in [0.2, 0.25) is 0 Å². The van der Waals surface area contributed by atoms with Crippen molar-refractivity contribution >= 4 is 11.9 Å². The molecular weight excluding hydrogens is 340 g/mol. The molecule has 3 rings (SSSR count). The molecule has 27 heavy (non-hydrogen) atoms. The Morgan fingerprint density at radius 2 is 1.85 bits per heavy atom. The molecule has 2 fully saturated rings. The van der Waals surface area contributed by atoms with E-state index in [0.29, 0.717) is 32.1 Å². The summed E-state index contributed by atoms with van der Waals surface area (Å²) in [5, 5.41) is 0. The smallest absolute Gasteiger partial charge is 0.320 e. The maximum Gasteiger partial charge on any atom is 0.320 e.